The normalized spacial score (nSPS) is 11.4. The lowest BCUT2D eigenvalue weighted by molar-refractivity contribution is 1.34. The summed E-state index contributed by atoms with van der Waals surface area (Å²) in [6.45, 7) is 18.1. The second-order valence-corrected chi connectivity index (χ2v) is 8.21. The number of hydrogen-bond donors (Lipinski definition) is 0. The molecule has 0 aliphatic carbocycles. The van der Waals surface area contributed by atoms with Gasteiger partial charge in [-0.05, 0) is 132 Å². The molecule has 140 valence electrons. The van der Waals surface area contributed by atoms with Gasteiger partial charge in [0.2, 0.25) is 0 Å². The van der Waals surface area contributed by atoms with Crippen LogP contribution in [0.25, 0.3) is 32.3 Å². The SMILES string of the molecule is C.Cc1cc2c(C)c3c(C)c4cc(C)c(C)cc4c(C)c3c(C)c2cc1C. The molecule has 0 bridgehead atoms. The van der Waals surface area contributed by atoms with E-state index in [1.54, 1.807) is 0 Å². The second kappa shape index (κ2) is 6.37. The third-order valence-electron chi connectivity index (χ3n) is 6.63. The molecule has 0 fully saturated rings. The highest BCUT2D eigenvalue weighted by Gasteiger charge is 2.17. The maximum absolute atomic E-state index is 2.38. The lowest BCUT2D eigenvalue weighted by atomic mass is 9.83. The Hall–Kier alpha value is -2.34. The van der Waals surface area contributed by atoms with Gasteiger partial charge in [-0.25, -0.2) is 0 Å². The molecule has 0 aliphatic heterocycles. The molecule has 4 aromatic rings. The van der Waals surface area contributed by atoms with Crippen molar-refractivity contribution >= 4 is 32.3 Å². The van der Waals surface area contributed by atoms with Crippen LogP contribution >= 0.6 is 0 Å². The molecule has 0 saturated heterocycles. The molecule has 0 aromatic heterocycles. The summed E-state index contributed by atoms with van der Waals surface area (Å²) in [5.41, 5.74) is 11.2. The van der Waals surface area contributed by atoms with Crippen molar-refractivity contribution in [3.63, 3.8) is 0 Å². The van der Waals surface area contributed by atoms with E-state index in [2.05, 4.69) is 79.7 Å². The first-order chi connectivity index (χ1) is 12.2. The van der Waals surface area contributed by atoms with E-state index in [1.807, 2.05) is 0 Å². The summed E-state index contributed by atoms with van der Waals surface area (Å²) in [6.07, 6.45) is 0. The third-order valence-corrected chi connectivity index (χ3v) is 6.63. The van der Waals surface area contributed by atoms with Crippen LogP contribution in [0.5, 0.6) is 0 Å². The Morgan fingerprint density at radius 1 is 0.370 bits per heavy atom. The minimum absolute atomic E-state index is 0. The van der Waals surface area contributed by atoms with Crippen molar-refractivity contribution in [2.24, 2.45) is 0 Å². The van der Waals surface area contributed by atoms with Gasteiger partial charge in [-0.1, -0.05) is 31.7 Å². The Balaban J connectivity index is 0.00000210. The maximum atomic E-state index is 2.38. The van der Waals surface area contributed by atoms with E-state index in [-0.39, 0.29) is 7.43 Å². The Labute approximate surface area is 164 Å². The van der Waals surface area contributed by atoms with Gasteiger partial charge < -0.3 is 0 Å². The first kappa shape index (κ1) is 19.4. The minimum Gasteiger partial charge on any atom is -0.0776 e. The molecular formula is C27H32. The van der Waals surface area contributed by atoms with Gasteiger partial charge in [0, 0.05) is 0 Å². The number of rotatable bonds is 0. The first-order valence-electron chi connectivity index (χ1n) is 9.56. The lowest BCUT2D eigenvalue weighted by Gasteiger charge is -2.20. The zero-order valence-electron chi connectivity index (χ0n) is 17.3. The van der Waals surface area contributed by atoms with Crippen molar-refractivity contribution < 1.29 is 0 Å². The van der Waals surface area contributed by atoms with Gasteiger partial charge in [-0.3, -0.25) is 0 Å². The number of hydrogen-bond acceptors (Lipinski definition) is 0. The zero-order valence-corrected chi connectivity index (χ0v) is 17.3. The fourth-order valence-electron chi connectivity index (χ4n) is 4.72. The summed E-state index contributed by atoms with van der Waals surface area (Å²) in [6, 6.07) is 9.52. The molecular weight excluding hydrogens is 324 g/mol. The van der Waals surface area contributed by atoms with Crippen molar-refractivity contribution in [2.75, 3.05) is 0 Å². The smallest absolute Gasteiger partial charge is 0.0107 e. The zero-order chi connectivity index (χ0) is 18.9. The summed E-state index contributed by atoms with van der Waals surface area (Å²) >= 11 is 0. The predicted molar refractivity (Wildman–Crippen MR) is 124 cm³/mol. The molecule has 0 atom stereocenters. The van der Waals surface area contributed by atoms with Gasteiger partial charge in [-0.15, -0.1) is 0 Å². The Morgan fingerprint density at radius 3 is 0.741 bits per heavy atom. The van der Waals surface area contributed by atoms with E-state index in [1.165, 1.54) is 76.8 Å². The number of aryl methyl sites for hydroxylation is 8. The molecule has 0 heterocycles. The Bertz CT molecular complexity index is 1040. The highest BCUT2D eigenvalue weighted by atomic mass is 14.2. The van der Waals surface area contributed by atoms with Crippen LogP contribution in [0, 0.1) is 55.4 Å². The van der Waals surface area contributed by atoms with E-state index in [4.69, 9.17) is 0 Å². The van der Waals surface area contributed by atoms with Crippen LogP contribution in [0.3, 0.4) is 0 Å². The van der Waals surface area contributed by atoms with Crippen molar-refractivity contribution in [1.82, 2.24) is 0 Å². The van der Waals surface area contributed by atoms with E-state index >= 15 is 0 Å². The minimum atomic E-state index is 0. The fraction of sp³-hybridized carbons (Fsp3) is 0.333. The van der Waals surface area contributed by atoms with Crippen LogP contribution < -0.4 is 0 Å². The van der Waals surface area contributed by atoms with Crippen molar-refractivity contribution in [3.8, 4) is 0 Å². The largest absolute Gasteiger partial charge is 0.0776 e. The predicted octanol–water partition coefficient (Wildman–Crippen LogP) is 8.25. The number of benzene rings is 4. The highest BCUT2D eigenvalue weighted by molar-refractivity contribution is 6.14. The summed E-state index contributed by atoms with van der Waals surface area (Å²) in [5, 5.41) is 8.53. The molecule has 27 heavy (non-hydrogen) atoms. The lowest BCUT2D eigenvalue weighted by Crippen LogP contribution is -1.97. The molecule has 4 rings (SSSR count). The molecule has 0 unspecified atom stereocenters. The van der Waals surface area contributed by atoms with Crippen LogP contribution in [0.4, 0.5) is 0 Å². The van der Waals surface area contributed by atoms with Crippen LogP contribution in [-0.4, -0.2) is 0 Å². The van der Waals surface area contributed by atoms with E-state index < -0.39 is 0 Å². The molecule has 0 saturated carbocycles. The maximum Gasteiger partial charge on any atom is -0.0107 e. The summed E-state index contributed by atoms with van der Waals surface area (Å²) < 4.78 is 0. The van der Waals surface area contributed by atoms with Gasteiger partial charge in [0.25, 0.3) is 0 Å². The van der Waals surface area contributed by atoms with Crippen LogP contribution in [-0.2, 0) is 0 Å². The Kier molecular flexibility index (Phi) is 4.58. The van der Waals surface area contributed by atoms with Gasteiger partial charge in [0.1, 0.15) is 0 Å². The van der Waals surface area contributed by atoms with Crippen LogP contribution in [0.15, 0.2) is 24.3 Å². The Morgan fingerprint density at radius 2 is 0.556 bits per heavy atom. The van der Waals surface area contributed by atoms with Crippen molar-refractivity contribution in [3.05, 3.63) is 68.8 Å². The van der Waals surface area contributed by atoms with Gasteiger partial charge in [0.05, 0.1) is 0 Å². The molecule has 0 N–H and O–H groups in total. The number of fused-ring (bicyclic) bond motifs is 3. The van der Waals surface area contributed by atoms with Crippen LogP contribution in [0.2, 0.25) is 0 Å². The molecule has 0 radical (unpaired) electrons. The highest BCUT2D eigenvalue weighted by Crippen LogP contribution is 2.41. The second-order valence-electron chi connectivity index (χ2n) is 8.21. The first-order valence-corrected chi connectivity index (χ1v) is 9.56. The van der Waals surface area contributed by atoms with E-state index in [9.17, 15) is 0 Å². The average molecular weight is 357 g/mol. The summed E-state index contributed by atoms with van der Waals surface area (Å²) in [7, 11) is 0. The monoisotopic (exact) mass is 356 g/mol. The summed E-state index contributed by atoms with van der Waals surface area (Å²) in [4.78, 5) is 0. The molecule has 0 heteroatoms. The van der Waals surface area contributed by atoms with E-state index in [0.29, 0.717) is 0 Å². The van der Waals surface area contributed by atoms with Crippen molar-refractivity contribution in [2.45, 2.75) is 62.8 Å². The molecule has 0 amide bonds. The molecule has 0 spiro atoms. The standard InChI is InChI=1S/C26H28.CH4/c1-13-9-21-17(5)25-19(7)23-11-15(3)16(4)12-24(23)20(8)26(25)18(6)22(21)10-14(13)2;/h9-12H,1-8H3;1H4. The molecule has 4 aromatic carbocycles. The third kappa shape index (κ3) is 2.57. The summed E-state index contributed by atoms with van der Waals surface area (Å²) in [5.74, 6) is 0. The topological polar surface area (TPSA) is 0 Å². The van der Waals surface area contributed by atoms with E-state index in [0.717, 1.165) is 0 Å². The van der Waals surface area contributed by atoms with Crippen molar-refractivity contribution in [1.29, 1.82) is 0 Å². The van der Waals surface area contributed by atoms with Gasteiger partial charge in [-0.2, -0.15) is 0 Å². The quantitative estimate of drug-likeness (QED) is 0.278. The average Bonchev–Trinajstić information content (AvgIpc) is 2.59. The van der Waals surface area contributed by atoms with Crippen LogP contribution in [0.1, 0.15) is 51.9 Å². The molecule has 0 nitrogen and oxygen atoms in total. The molecule has 0 aliphatic rings. The van der Waals surface area contributed by atoms with Gasteiger partial charge in [0.15, 0.2) is 0 Å². The fourth-order valence-corrected chi connectivity index (χ4v) is 4.72. The van der Waals surface area contributed by atoms with Gasteiger partial charge >= 0.3 is 0 Å².